The second kappa shape index (κ2) is 5.93. The number of hydrogen-bond acceptors (Lipinski definition) is 4. The number of aromatic hydroxyl groups is 1. The van der Waals surface area contributed by atoms with Crippen LogP contribution in [0.15, 0.2) is 18.2 Å². The van der Waals surface area contributed by atoms with Crippen LogP contribution in [0.25, 0.3) is 0 Å². The molecule has 0 aromatic heterocycles. The lowest BCUT2D eigenvalue weighted by molar-refractivity contribution is 0.0910. The number of carbonyl (C=O) groups is 1. The Morgan fingerprint density at radius 1 is 1.53 bits per heavy atom. The first-order chi connectivity index (χ1) is 9.10. The lowest BCUT2D eigenvalue weighted by Crippen LogP contribution is -2.46. The molecule has 1 heterocycles. The number of carbonyl (C=O) groups excluding carboxylic acids is 1. The van der Waals surface area contributed by atoms with Crippen molar-refractivity contribution in [1.29, 1.82) is 0 Å². The monoisotopic (exact) mass is 264 g/mol. The average Bonchev–Trinajstić information content (AvgIpc) is 2.38. The topological polar surface area (TPSA) is 61.8 Å². The number of likely N-dealkylation sites (tertiary alicyclic amines) is 1. The highest BCUT2D eigenvalue weighted by Crippen LogP contribution is 2.23. The molecule has 2 N–H and O–H groups in total. The lowest BCUT2D eigenvalue weighted by Gasteiger charge is -2.30. The van der Waals surface area contributed by atoms with Gasteiger partial charge < -0.3 is 20.1 Å². The van der Waals surface area contributed by atoms with Gasteiger partial charge in [0.05, 0.1) is 12.7 Å². The lowest BCUT2D eigenvalue weighted by atomic mass is 10.1. The van der Waals surface area contributed by atoms with E-state index in [-0.39, 0.29) is 23.3 Å². The number of amides is 1. The highest BCUT2D eigenvalue weighted by atomic mass is 16.5. The Balaban J connectivity index is 2.03. The molecule has 0 saturated carbocycles. The number of nitrogens with zero attached hydrogens (tertiary/aromatic N) is 1. The summed E-state index contributed by atoms with van der Waals surface area (Å²) in [6.07, 6.45) is 2.06. The van der Waals surface area contributed by atoms with E-state index < -0.39 is 0 Å². The molecule has 0 bridgehead atoms. The van der Waals surface area contributed by atoms with E-state index in [4.69, 9.17) is 4.74 Å². The minimum Gasteiger partial charge on any atom is -0.507 e. The van der Waals surface area contributed by atoms with Crippen molar-refractivity contribution in [3.63, 3.8) is 0 Å². The second-order valence-electron chi connectivity index (χ2n) is 4.96. The molecule has 2 rings (SSSR count). The van der Waals surface area contributed by atoms with E-state index in [1.807, 2.05) is 7.05 Å². The zero-order valence-electron chi connectivity index (χ0n) is 11.3. The predicted molar refractivity (Wildman–Crippen MR) is 72.6 cm³/mol. The summed E-state index contributed by atoms with van der Waals surface area (Å²) in [5.74, 6) is 0.243. The third-order valence-electron chi connectivity index (χ3n) is 3.41. The van der Waals surface area contributed by atoms with Crippen LogP contribution in [0.3, 0.4) is 0 Å². The van der Waals surface area contributed by atoms with Crippen molar-refractivity contribution in [2.24, 2.45) is 0 Å². The normalized spacial score (nSPS) is 20.0. The average molecular weight is 264 g/mol. The van der Waals surface area contributed by atoms with E-state index in [1.54, 1.807) is 12.1 Å². The highest BCUT2D eigenvalue weighted by Gasteiger charge is 2.21. The van der Waals surface area contributed by atoms with Crippen molar-refractivity contribution in [3.8, 4) is 11.5 Å². The van der Waals surface area contributed by atoms with Crippen LogP contribution in [0.2, 0.25) is 0 Å². The standard InChI is InChI=1S/C14H20N2O3/c1-16-7-3-4-10(9-16)15-14(18)12-6-5-11(19-2)8-13(12)17/h5-6,8,10,17H,3-4,7,9H2,1-2H3,(H,15,18). The molecule has 19 heavy (non-hydrogen) atoms. The summed E-state index contributed by atoms with van der Waals surface area (Å²) in [7, 11) is 3.57. The molecule has 0 aliphatic carbocycles. The first-order valence-corrected chi connectivity index (χ1v) is 6.46. The summed E-state index contributed by atoms with van der Waals surface area (Å²) < 4.78 is 5.00. The SMILES string of the molecule is COc1ccc(C(=O)NC2CCCN(C)C2)c(O)c1. The molecule has 1 unspecified atom stereocenters. The first kappa shape index (κ1) is 13.7. The quantitative estimate of drug-likeness (QED) is 0.862. The summed E-state index contributed by atoms with van der Waals surface area (Å²) in [6.45, 7) is 1.92. The van der Waals surface area contributed by atoms with Crippen molar-refractivity contribution < 1.29 is 14.6 Å². The molecule has 0 spiro atoms. The number of methoxy groups -OCH3 is 1. The van der Waals surface area contributed by atoms with Crippen LogP contribution in [0.1, 0.15) is 23.2 Å². The van der Waals surface area contributed by atoms with Gasteiger partial charge in [-0.2, -0.15) is 0 Å². The Kier molecular flexibility index (Phi) is 4.27. The second-order valence-corrected chi connectivity index (χ2v) is 4.96. The zero-order chi connectivity index (χ0) is 13.8. The Labute approximate surface area is 113 Å². The summed E-state index contributed by atoms with van der Waals surface area (Å²) in [5.41, 5.74) is 0.286. The highest BCUT2D eigenvalue weighted by molar-refractivity contribution is 5.97. The smallest absolute Gasteiger partial charge is 0.255 e. The van der Waals surface area contributed by atoms with Gasteiger partial charge in [-0.15, -0.1) is 0 Å². The number of piperidine rings is 1. The Hall–Kier alpha value is -1.75. The zero-order valence-corrected chi connectivity index (χ0v) is 11.3. The van der Waals surface area contributed by atoms with Crippen LogP contribution in [-0.2, 0) is 0 Å². The summed E-state index contributed by atoms with van der Waals surface area (Å²) >= 11 is 0. The minimum atomic E-state index is -0.236. The molecule has 1 amide bonds. The molecule has 104 valence electrons. The fourth-order valence-corrected chi connectivity index (χ4v) is 2.38. The van der Waals surface area contributed by atoms with Crippen LogP contribution in [-0.4, -0.2) is 49.2 Å². The Morgan fingerprint density at radius 2 is 2.32 bits per heavy atom. The number of rotatable bonds is 3. The molecule has 1 atom stereocenters. The van der Waals surface area contributed by atoms with Gasteiger partial charge in [-0.1, -0.05) is 0 Å². The van der Waals surface area contributed by atoms with E-state index >= 15 is 0 Å². The summed E-state index contributed by atoms with van der Waals surface area (Å²) in [5, 5.41) is 12.8. The van der Waals surface area contributed by atoms with Gasteiger partial charge >= 0.3 is 0 Å². The minimum absolute atomic E-state index is 0.0546. The van der Waals surface area contributed by atoms with Crippen molar-refractivity contribution in [2.75, 3.05) is 27.2 Å². The number of phenols is 1. The predicted octanol–water partition coefficient (Wildman–Crippen LogP) is 1.22. The molecular weight excluding hydrogens is 244 g/mol. The largest absolute Gasteiger partial charge is 0.507 e. The van der Waals surface area contributed by atoms with Crippen molar-refractivity contribution in [3.05, 3.63) is 23.8 Å². The van der Waals surface area contributed by atoms with E-state index in [1.165, 1.54) is 13.2 Å². The summed E-state index contributed by atoms with van der Waals surface area (Å²) in [4.78, 5) is 14.3. The number of benzene rings is 1. The number of hydrogen-bond donors (Lipinski definition) is 2. The molecule has 1 aromatic rings. The van der Waals surface area contributed by atoms with Crippen LogP contribution in [0.4, 0.5) is 0 Å². The Morgan fingerprint density at radius 3 is 2.95 bits per heavy atom. The Bertz CT molecular complexity index is 462. The molecule has 0 radical (unpaired) electrons. The summed E-state index contributed by atoms with van der Waals surface area (Å²) in [6, 6.07) is 4.84. The van der Waals surface area contributed by atoms with Crippen LogP contribution in [0.5, 0.6) is 11.5 Å². The van der Waals surface area contributed by atoms with Gasteiger partial charge in [-0.3, -0.25) is 4.79 Å². The van der Waals surface area contributed by atoms with E-state index in [0.717, 1.165) is 25.9 Å². The van der Waals surface area contributed by atoms with Gasteiger partial charge in [0.1, 0.15) is 11.5 Å². The fraction of sp³-hybridized carbons (Fsp3) is 0.500. The third kappa shape index (κ3) is 3.38. The number of nitrogens with one attached hydrogen (secondary N) is 1. The van der Waals surface area contributed by atoms with E-state index in [9.17, 15) is 9.90 Å². The van der Waals surface area contributed by atoms with Crippen LogP contribution < -0.4 is 10.1 Å². The number of phenolic OH excluding ortho intramolecular Hbond substituents is 1. The molecule has 1 aliphatic heterocycles. The van der Waals surface area contributed by atoms with Gasteiger partial charge in [0, 0.05) is 18.7 Å². The fourth-order valence-electron chi connectivity index (χ4n) is 2.38. The van der Waals surface area contributed by atoms with Gasteiger partial charge in [-0.05, 0) is 38.6 Å². The molecule has 5 nitrogen and oxygen atoms in total. The molecule has 1 saturated heterocycles. The van der Waals surface area contributed by atoms with Crippen molar-refractivity contribution in [1.82, 2.24) is 10.2 Å². The maximum absolute atomic E-state index is 12.1. The maximum atomic E-state index is 12.1. The maximum Gasteiger partial charge on any atom is 0.255 e. The van der Waals surface area contributed by atoms with Gasteiger partial charge in [0.2, 0.25) is 0 Å². The van der Waals surface area contributed by atoms with Crippen LogP contribution >= 0.6 is 0 Å². The van der Waals surface area contributed by atoms with Crippen LogP contribution in [0, 0.1) is 0 Å². The number of likely N-dealkylation sites (N-methyl/N-ethyl adjacent to an activating group) is 1. The van der Waals surface area contributed by atoms with E-state index in [0.29, 0.717) is 5.75 Å². The number of ether oxygens (including phenoxy) is 1. The van der Waals surface area contributed by atoms with Gasteiger partial charge in [0.15, 0.2) is 0 Å². The van der Waals surface area contributed by atoms with E-state index in [2.05, 4.69) is 10.2 Å². The molecule has 5 heteroatoms. The van der Waals surface area contributed by atoms with Gasteiger partial charge in [0.25, 0.3) is 5.91 Å². The van der Waals surface area contributed by atoms with Crippen molar-refractivity contribution >= 4 is 5.91 Å². The molecule has 1 fully saturated rings. The molecular formula is C14H20N2O3. The molecule has 1 aliphatic rings. The first-order valence-electron chi connectivity index (χ1n) is 6.46. The third-order valence-corrected chi connectivity index (χ3v) is 3.41. The van der Waals surface area contributed by atoms with Gasteiger partial charge in [-0.25, -0.2) is 0 Å². The van der Waals surface area contributed by atoms with Crippen molar-refractivity contribution in [2.45, 2.75) is 18.9 Å². The molecule has 1 aromatic carbocycles.